The maximum Gasteiger partial charge on any atom is 0.322 e. The zero-order valence-electron chi connectivity index (χ0n) is 10.6. The number of rotatable bonds is 2. The van der Waals surface area contributed by atoms with Crippen molar-refractivity contribution in [1.29, 1.82) is 0 Å². The standard InChI is InChI=1S/C13H12N4O2S/c1-13(10(18)16-12(19)17-13)8-4-2-7(3-5-8)9-6-20-11(14)15-9/h2-6H,1H3,(H2,14,15)(H2,16,17,18,19)/t13-/m0/s1. The molecule has 2 aromatic rings. The van der Waals surface area contributed by atoms with Gasteiger partial charge in [-0.1, -0.05) is 24.3 Å². The van der Waals surface area contributed by atoms with E-state index in [1.807, 2.05) is 17.5 Å². The van der Waals surface area contributed by atoms with E-state index in [9.17, 15) is 9.59 Å². The lowest BCUT2D eigenvalue weighted by molar-refractivity contribution is -0.123. The Morgan fingerprint density at radius 1 is 1.25 bits per heavy atom. The molecule has 102 valence electrons. The predicted octanol–water partition coefficient (Wildman–Crippen LogP) is 1.45. The van der Waals surface area contributed by atoms with Crippen molar-refractivity contribution in [3.05, 3.63) is 35.2 Å². The van der Waals surface area contributed by atoms with Gasteiger partial charge in [-0.2, -0.15) is 0 Å². The molecule has 6 nitrogen and oxygen atoms in total. The number of nitrogens with zero attached hydrogens (tertiary/aromatic N) is 1. The molecule has 1 atom stereocenters. The number of nitrogens with two attached hydrogens (primary N) is 1. The van der Waals surface area contributed by atoms with E-state index >= 15 is 0 Å². The van der Waals surface area contributed by atoms with Crippen LogP contribution in [-0.4, -0.2) is 16.9 Å². The number of anilines is 1. The molecule has 1 aromatic heterocycles. The Labute approximate surface area is 119 Å². The summed E-state index contributed by atoms with van der Waals surface area (Å²) >= 11 is 1.37. The molecule has 2 heterocycles. The minimum atomic E-state index is -1.03. The molecule has 0 aliphatic carbocycles. The molecule has 0 radical (unpaired) electrons. The molecular weight excluding hydrogens is 276 g/mol. The smallest absolute Gasteiger partial charge is 0.322 e. The summed E-state index contributed by atoms with van der Waals surface area (Å²) in [4.78, 5) is 27.3. The van der Waals surface area contributed by atoms with E-state index in [0.717, 1.165) is 11.3 Å². The molecule has 3 rings (SSSR count). The summed E-state index contributed by atoms with van der Waals surface area (Å²) in [6.45, 7) is 1.67. The van der Waals surface area contributed by atoms with Crippen LogP contribution in [0.5, 0.6) is 0 Å². The molecule has 20 heavy (non-hydrogen) atoms. The normalized spacial score (nSPS) is 21.6. The van der Waals surface area contributed by atoms with Crippen LogP contribution in [0.1, 0.15) is 12.5 Å². The van der Waals surface area contributed by atoms with Crippen LogP contribution in [0.2, 0.25) is 0 Å². The third-order valence-electron chi connectivity index (χ3n) is 3.32. The number of imide groups is 1. The van der Waals surface area contributed by atoms with Crippen molar-refractivity contribution in [1.82, 2.24) is 15.6 Å². The number of hydrogen-bond donors (Lipinski definition) is 3. The van der Waals surface area contributed by atoms with Crippen LogP contribution in [0.3, 0.4) is 0 Å². The second kappa shape index (κ2) is 4.31. The number of amides is 3. The van der Waals surface area contributed by atoms with Gasteiger partial charge in [0.05, 0.1) is 5.69 Å². The highest BCUT2D eigenvalue weighted by molar-refractivity contribution is 7.13. The summed E-state index contributed by atoms with van der Waals surface area (Å²) in [5, 5.41) is 7.25. The third-order valence-corrected chi connectivity index (χ3v) is 4.00. The van der Waals surface area contributed by atoms with Crippen molar-refractivity contribution in [2.75, 3.05) is 5.73 Å². The Balaban J connectivity index is 1.94. The van der Waals surface area contributed by atoms with Gasteiger partial charge in [0.1, 0.15) is 5.54 Å². The molecule has 0 unspecified atom stereocenters. The lowest BCUT2D eigenvalue weighted by Crippen LogP contribution is -2.40. The molecule has 1 fully saturated rings. The van der Waals surface area contributed by atoms with Crippen molar-refractivity contribution < 1.29 is 9.59 Å². The van der Waals surface area contributed by atoms with Crippen LogP contribution in [0, 0.1) is 0 Å². The van der Waals surface area contributed by atoms with Gasteiger partial charge >= 0.3 is 6.03 Å². The number of benzene rings is 1. The van der Waals surface area contributed by atoms with E-state index in [2.05, 4.69) is 15.6 Å². The minimum Gasteiger partial charge on any atom is -0.375 e. The number of urea groups is 1. The zero-order chi connectivity index (χ0) is 14.3. The van der Waals surface area contributed by atoms with Crippen molar-refractivity contribution in [3.63, 3.8) is 0 Å². The Morgan fingerprint density at radius 3 is 2.45 bits per heavy atom. The van der Waals surface area contributed by atoms with E-state index in [4.69, 9.17) is 5.73 Å². The van der Waals surface area contributed by atoms with Gasteiger partial charge in [0, 0.05) is 10.9 Å². The summed E-state index contributed by atoms with van der Waals surface area (Å²) in [7, 11) is 0. The van der Waals surface area contributed by atoms with Crippen molar-refractivity contribution in [2.24, 2.45) is 0 Å². The number of hydrogen-bond acceptors (Lipinski definition) is 5. The van der Waals surface area contributed by atoms with E-state index < -0.39 is 11.6 Å². The molecule has 1 aliphatic rings. The maximum atomic E-state index is 11.8. The van der Waals surface area contributed by atoms with Crippen LogP contribution >= 0.6 is 11.3 Å². The number of thiazole rings is 1. The van der Waals surface area contributed by atoms with Gasteiger partial charge in [0.15, 0.2) is 5.13 Å². The van der Waals surface area contributed by atoms with Gasteiger partial charge in [-0.05, 0) is 12.5 Å². The summed E-state index contributed by atoms with van der Waals surface area (Å²) < 4.78 is 0. The molecule has 0 bridgehead atoms. The fourth-order valence-electron chi connectivity index (χ4n) is 2.14. The highest BCUT2D eigenvalue weighted by atomic mass is 32.1. The Morgan fingerprint density at radius 2 is 1.95 bits per heavy atom. The number of nitrogen functional groups attached to an aromatic ring is 1. The van der Waals surface area contributed by atoms with Crippen LogP contribution in [0.15, 0.2) is 29.6 Å². The number of aromatic nitrogens is 1. The van der Waals surface area contributed by atoms with E-state index in [1.54, 1.807) is 19.1 Å². The van der Waals surface area contributed by atoms with E-state index in [0.29, 0.717) is 10.7 Å². The van der Waals surface area contributed by atoms with Crippen LogP contribution in [0.4, 0.5) is 9.93 Å². The van der Waals surface area contributed by atoms with Gasteiger partial charge < -0.3 is 11.1 Å². The molecule has 1 saturated heterocycles. The fraction of sp³-hybridized carbons (Fsp3) is 0.154. The SMILES string of the molecule is C[C@@]1(c2ccc(-c3csc(N)n3)cc2)NC(=O)NC1=O. The quantitative estimate of drug-likeness (QED) is 0.728. The van der Waals surface area contributed by atoms with Gasteiger partial charge in [-0.15, -0.1) is 11.3 Å². The predicted molar refractivity (Wildman–Crippen MR) is 76.0 cm³/mol. The number of carbonyl (C=O) groups is 2. The summed E-state index contributed by atoms with van der Waals surface area (Å²) in [6, 6.07) is 6.83. The molecular formula is C13H12N4O2S. The summed E-state index contributed by atoms with van der Waals surface area (Å²) in [5.41, 5.74) is 7.00. The maximum absolute atomic E-state index is 11.8. The monoisotopic (exact) mass is 288 g/mol. The topological polar surface area (TPSA) is 97.1 Å². The second-order valence-corrected chi connectivity index (χ2v) is 5.57. The van der Waals surface area contributed by atoms with Gasteiger partial charge in [-0.25, -0.2) is 9.78 Å². The molecule has 3 amide bonds. The first kappa shape index (κ1) is 12.6. The Kier molecular flexibility index (Phi) is 2.72. The third kappa shape index (κ3) is 1.92. The first-order valence-electron chi connectivity index (χ1n) is 5.94. The molecule has 4 N–H and O–H groups in total. The molecule has 7 heteroatoms. The van der Waals surface area contributed by atoms with Gasteiger partial charge in [0.2, 0.25) is 0 Å². The summed E-state index contributed by atoms with van der Waals surface area (Å²) in [6.07, 6.45) is 0. The second-order valence-electron chi connectivity index (χ2n) is 4.68. The van der Waals surface area contributed by atoms with Crippen LogP contribution < -0.4 is 16.4 Å². The fourth-order valence-corrected chi connectivity index (χ4v) is 2.71. The molecule has 0 saturated carbocycles. The minimum absolute atomic E-state index is 0.354. The summed E-state index contributed by atoms with van der Waals surface area (Å²) in [5.74, 6) is -0.354. The van der Waals surface area contributed by atoms with Crippen molar-refractivity contribution in [3.8, 4) is 11.3 Å². The van der Waals surface area contributed by atoms with E-state index in [-0.39, 0.29) is 5.91 Å². The van der Waals surface area contributed by atoms with Gasteiger partial charge in [0.25, 0.3) is 5.91 Å². The first-order chi connectivity index (χ1) is 9.49. The highest BCUT2D eigenvalue weighted by Crippen LogP contribution is 2.28. The Bertz CT molecular complexity index is 695. The van der Waals surface area contributed by atoms with Crippen molar-refractivity contribution in [2.45, 2.75) is 12.5 Å². The highest BCUT2D eigenvalue weighted by Gasteiger charge is 2.43. The largest absolute Gasteiger partial charge is 0.375 e. The molecule has 1 aromatic carbocycles. The first-order valence-corrected chi connectivity index (χ1v) is 6.82. The number of nitrogens with one attached hydrogen (secondary N) is 2. The molecule has 1 aliphatic heterocycles. The van der Waals surface area contributed by atoms with Gasteiger partial charge in [-0.3, -0.25) is 10.1 Å². The molecule has 0 spiro atoms. The number of carbonyl (C=O) groups excluding carboxylic acids is 2. The average molecular weight is 288 g/mol. The van der Waals surface area contributed by atoms with Crippen LogP contribution in [-0.2, 0) is 10.3 Å². The lowest BCUT2D eigenvalue weighted by atomic mass is 9.91. The lowest BCUT2D eigenvalue weighted by Gasteiger charge is -2.21. The van der Waals surface area contributed by atoms with Crippen molar-refractivity contribution >= 4 is 28.4 Å². The Hall–Kier alpha value is -2.41. The van der Waals surface area contributed by atoms with Crippen LogP contribution in [0.25, 0.3) is 11.3 Å². The van der Waals surface area contributed by atoms with E-state index in [1.165, 1.54) is 11.3 Å². The average Bonchev–Trinajstić information content (AvgIpc) is 2.95. The zero-order valence-corrected chi connectivity index (χ0v) is 11.5.